The standard InChI is InChI=1S/C15H13N3O2S/c1-10-6-7-12(11(2)9-10)21-14-15(18(19)20)17-8-4-3-5-13(17)16-14/h3-9H,1-2H3. The van der Waals surface area contributed by atoms with Gasteiger partial charge in [-0.2, -0.15) is 9.38 Å². The highest BCUT2D eigenvalue weighted by molar-refractivity contribution is 7.99. The maximum absolute atomic E-state index is 11.4. The van der Waals surface area contributed by atoms with E-state index in [0.717, 1.165) is 10.5 Å². The molecule has 0 aliphatic carbocycles. The Morgan fingerprint density at radius 2 is 2.05 bits per heavy atom. The van der Waals surface area contributed by atoms with Crippen LogP contribution in [0.3, 0.4) is 0 Å². The lowest BCUT2D eigenvalue weighted by atomic mass is 10.2. The molecule has 106 valence electrons. The Kier molecular flexibility index (Phi) is 3.39. The van der Waals surface area contributed by atoms with Crippen molar-refractivity contribution in [2.75, 3.05) is 0 Å². The highest BCUT2D eigenvalue weighted by atomic mass is 32.2. The molecule has 0 N–H and O–H groups in total. The average molecular weight is 299 g/mol. The first-order valence-corrected chi connectivity index (χ1v) is 7.24. The molecule has 0 aliphatic rings. The number of pyridine rings is 1. The van der Waals surface area contributed by atoms with Gasteiger partial charge >= 0.3 is 5.82 Å². The maximum atomic E-state index is 11.4. The molecule has 0 saturated heterocycles. The van der Waals surface area contributed by atoms with E-state index in [-0.39, 0.29) is 10.7 Å². The molecule has 0 bridgehead atoms. The van der Waals surface area contributed by atoms with Gasteiger partial charge in [0.15, 0.2) is 5.03 Å². The summed E-state index contributed by atoms with van der Waals surface area (Å²) in [5.74, 6) is 0.00979. The topological polar surface area (TPSA) is 60.4 Å². The van der Waals surface area contributed by atoms with E-state index in [2.05, 4.69) is 11.1 Å². The predicted octanol–water partition coefficient (Wildman–Crippen LogP) is 4.01. The highest BCUT2D eigenvalue weighted by Gasteiger charge is 2.23. The molecule has 0 saturated carbocycles. The highest BCUT2D eigenvalue weighted by Crippen LogP contribution is 2.36. The molecule has 2 heterocycles. The summed E-state index contributed by atoms with van der Waals surface area (Å²) in [5, 5.41) is 11.8. The molecule has 3 aromatic rings. The van der Waals surface area contributed by atoms with Crippen LogP contribution in [0.15, 0.2) is 52.5 Å². The SMILES string of the molecule is Cc1ccc(Sc2nc3ccccn3c2[N+](=O)[O-])c(C)c1. The number of aryl methyl sites for hydroxylation is 2. The van der Waals surface area contributed by atoms with Crippen molar-refractivity contribution in [3.05, 3.63) is 63.8 Å². The van der Waals surface area contributed by atoms with E-state index in [9.17, 15) is 10.1 Å². The summed E-state index contributed by atoms with van der Waals surface area (Å²) in [6, 6.07) is 11.4. The lowest BCUT2D eigenvalue weighted by Gasteiger charge is -2.04. The van der Waals surface area contributed by atoms with Crippen molar-refractivity contribution >= 4 is 23.2 Å². The van der Waals surface area contributed by atoms with Crippen LogP contribution in [0.5, 0.6) is 0 Å². The summed E-state index contributed by atoms with van der Waals surface area (Å²) in [7, 11) is 0. The number of aromatic nitrogens is 2. The normalized spacial score (nSPS) is 11.0. The van der Waals surface area contributed by atoms with Crippen molar-refractivity contribution in [2.24, 2.45) is 0 Å². The molecule has 1 aromatic carbocycles. The lowest BCUT2D eigenvalue weighted by Crippen LogP contribution is -1.94. The number of rotatable bonds is 3. The van der Waals surface area contributed by atoms with Gasteiger partial charge < -0.3 is 10.1 Å². The minimum atomic E-state index is -0.383. The van der Waals surface area contributed by atoms with Gasteiger partial charge in [-0.05, 0) is 36.5 Å². The molecule has 21 heavy (non-hydrogen) atoms. The molecule has 2 aromatic heterocycles. The van der Waals surface area contributed by atoms with E-state index >= 15 is 0 Å². The largest absolute Gasteiger partial charge is 0.362 e. The quantitative estimate of drug-likeness (QED) is 0.541. The van der Waals surface area contributed by atoms with Gasteiger partial charge in [0.05, 0.1) is 6.20 Å². The van der Waals surface area contributed by atoms with E-state index in [1.165, 1.54) is 21.7 Å². The van der Waals surface area contributed by atoms with Gasteiger partial charge in [-0.1, -0.05) is 35.5 Å². The second-order valence-corrected chi connectivity index (χ2v) is 5.83. The summed E-state index contributed by atoms with van der Waals surface area (Å²) in [5.41, 5.74) is 2.84. The van der Waals surface area contributed by atoms with E-state index in [0.29, 0.717) is 10.7 Å². The number of hydrogen-bond acceptors (Lipinski definition) is 4. The number of fused-ring (bicyclic) bond motifs is 1. The van der Waals surface area contributed by atoms with Gasteiger partial charge in [-0.15, -0.1) is 0 Å². The zero-order chi connectivity index (χ0) is 15.0. The van der Waals surface area contributed by atoms with Gasteiger partial charge in [0.25, 0.3) is 0 Å². The van der Waals surface area contributed by atoms with Crippen molar-refractivity contribution in [2.45, 2.75) is 23.8 Å². The Hall–Kier alpha value is -2.34. The van der Waals surface area contributed by atoms with Crippen LogP contribution in [0.1, 0.15) is 11.1 Å². The number of hydrogen-bond donors (Lipinski definition) is 0. The van der Waals surface area contributed by atoms with Crippen LogP contribution in [-0.4, -0.2) is 14.3 Å². The molecular weight excluding hydrogens is 286 g/mol. The van der Waals surface area contributed by atoms with Gasteiger partial charge in [0.1, 0.15) is 0 Å². The maximum Gasteiger partial charge on any atom is 0.362 e. The molecular formula is C15H13N3O2S. The first-order chi connectivity index (χ1) is 10.1. The summed E-state index contributed by atoms with van der Waals surface area (Å²) >= 11 is 1.33. The number of nitro groups is 1. The van der Waals surface area contributed by atoms with Crippen molar-refractivity contribution in [1.29, 1.82) is 0 Å². The number of nitrogens with zero attached hydrogens (tertiary/aromatic N) is 3. The van der Waals surface area contributed by atoms with Crippen LogP contribution < -0.4 is 0 Å². The van der Waals surface area contributed by atoms with Crippen LogP contribution in [0.4, 0.5) is 5.82 Å². The Labute approximate surface area is 125 Å². The van der Waals surface area contributed by atoms with Gasteiger partial charge in [0, 0.05) is 11.0 Å². The van der Waals surface area contributed by atoms with Crippen molar-refractivity contribution in [1.82, 2.24) is 9.38 Å². The van der Waals surface area contributed by atoms with E-state index in [1.807, 2.05) is 32.0 Å². The fourth-order valence-electron chi connectivity index (χ4n) is 2.21. The third kappa shape index (κ3) is 2.50. The van der Waals surface area contributed by atoms with Crippen LogP contribution in [0.2, 0.25) is 0 Å². The summed E-state index contributed by atoms with van der Waals surface area (Å²) in [6.45, 7) is 4.02. The third-order valence-corrected chi connectivity index (χ3v) is 4.33. The average Bonchev–Trinajstić information content (AvgIpc) is 2.80. The van der Waals surface area contributed by atoms with Crippen molar-refractivity contribution < 1.29 is 4.92 Å². The third-order valence-electron chi connectivity index (χ3n) is 3.18. The molecule has 0 amide bonds. The summed E-state index contributed by atoms with van der Waals surface area (Å²) in [6.07, 6.45) is 1.66. The first kappa shape index (κ1) is 13.6. The molecule has 6 heteroatoms. The summed E-state index contributed by atoms with van der Waals surface area (Å²) in [4.78, 5) is 16.3. The monoisotopic (exact) mass is 299 g/mol. The van der Waals surface area contributed by atoms with Gasteiger partial charge in [-0.3, -0.25) is 0 Å². The van der Waals surface area contributed by atoms with E-state index in [1.54, 1.807) is 18.3 Å². The molecule has 0 radical (unpaired) electrons. The van der Waals surface area contributed by atoms with Crippen LogP contribution in [0.25, 0.3) is 5.65 Å². The molecule has 0 fully saturated rings. The van der Waals surface area contributed by atoms with E-state index < -0.39 is 0 Å². The van der Waals surface area contributed by atoms with Gasteiger partial charge in [-0.25, -0.2) is 0 Å². The fraction of sp³-hybridized carbons (Fsp3) is 0.133. The molecule has 0 aliphatic heterocycles. The van der Waals surface area contributed by atoms with Crippen LogP contribution >= 0.6 is 11.8 Å². The summed E-state index contributed by atoms with van der Waals surface area (Å²) < 4.78 is 1.51. The molecule has 5 nitrogen and oxygen atoms in total. The smallest absolute Gasteiger partial charge is 0.358 e. The second kappa shape index (κ2) is 5.21. The Balaban J connectivity index is 2.12. The zero-order valence-electron chi connectivity index (χ0n) is 11.6. The van der Waals surface area contributed by atoms with Gasteiger partial charge in [0.2, 0.25) is 5.65 Å². The Morgan fingerprint density at radius 3 is 2.76 bits per heavy atom. The molecule has 3 rings (SSSR count). The minimum Gasteiger partial charge on any atom is -0.358 e. The minimum absolute atomic E-state index is 0.00979. The lowest BCUT2D eigenvalue weighted by molar-refractivity contribution is -0.393. The van der Waals surface area contributed by atoms with E-state index in [4.69, 9.17) is 0 Å². The molecule has 0 atom stereocenters. The number of benzene rings is 1. The first-order valence-electron chi connectivity index (χ1n) is 6.43. The molecule has 0 unspecified atom stereocenters. The van der Waals surface area contributed by atoms with Crippen molar-refractivity contribution in [3.63, 3.8) is 0 Å². The predicted molar refractivity (Wildman–Crippen MR) is 81.9 cm³/mol. The Morgan fingerprint density at radius 1 is 1.24 bits per heavy atom. The van der Waals surface area contributed by atoms with Crippen LogP contribution in [0, 0.1) is 24.0 Å². The second-order valence-electron chi connectivity index (χ2n) is 4.80. The van der Waals surface area contributed by atoms with Crippen molar-refractivity contribution in [3.8, 4) is 0 Å². The Bertz CT molecular complexity index is 842. The molecule has 0 spiro atoms. The number of imidazole rings is 1. The fourth-order valence-corrected chi connectivity index (χ4v) is 3.18. The van der Waals surface area contributed by atoms with Crippen LogP contribution in [-0.2, 0) is 0 Å². The zero-order valence-corrected chi connectivity index (χ0v) is 12.4.